The van der Waals surface area contributed by atoms with E-state index < -0.39 is 12.0 Å². The van der Waals surface area contributed by atoms with Crippen molar-refractivity contribution in [1.29, 1.82) is 0 Å². The van der Waals surface area contributed by atoms with Gasteiger partial charge in [-0.05, 0) is 54.8 Å². The number of fused-ring (bicyclic) bond motifs is 1. The predicted octanol–water partition coefficient (Wildman–Crippen LogP) is 4.79. The number of anilines is 1. The number of amides is 2. The second kappa shape index (κ2) is 12.5. The zero-order valence-electron chi connectivity index (χ0n) is 21.4. The quantitative estimate of drug-likeness (QED) is 0.383. The maximum Gasteiger partial charge on any atom is 0.254 e. The third-order valence-electron chi connectivity index (χ3n) is 6.88. The van der Waals surface area contributed by atoms with E-state index in [4.69, 9.17) is 4.74 Å². The van der Waals surface area contributed by atoms with Gasteiger partial charge in [0.15, 0.2) is 0 Å². The molecular weight excluding hydrogens is 469 g/mol. The van der Waals surface area contributed by atoms with Gasteiger partial charge in [0.05, 0.1) is 18.6 Å². The van der Waals surface area contributed by atoms with E-state index in [0.717, 1.165) is 25.2 Å². The normalized spacial score (nSPS) is 16.8. The molecule has 6 nitrogen and oxygen atoms in total. The molecule has 0 spiro atoms. The Labute approximate surface area is 218 Å². The predicted molar refractivity (Wildman–Crippen MR) is 143 cm³/mol. The monoisotopic (exact) mass is 503 g/mol. The van der Waals surface area contributed by atoms with Crippen molar-refractivity contribution in [3.05, 3.63) is 101 Å². The van der Waals surface area contributed by atoms with Gasteiger partial charge in [-0.15, -0.1) is 0 Å². The summed E-state index contributed by atoms with van der Waals surface area (Å²) in [5, 5.41) is 3.12. The molecule has 4 rings (SSSR count). The number of carbonyl (C=O) groups is 2. The van der Waals surface area contributed by atoms with Crippen LogP contribution in [0.2, 0.25) is 0 Å². The minimum atomic E-state index is -0.632. The van der Waals surface area contributed by atoms with E-state index in [2.05, 4.69) is 29.3 Å². The first-order chi connectivity index (χ1) is 18.0. The van der Waals surface area contributed by atoms with Crippen molar-refractivity contribution in [3.63, 3.8) is 0 Å². The van der Waals surface area contributed by atoms with Gasteiger partial charge in [0.2, 0.25) is 5.91 Å². The Hall–Kier alpha value is -3.71. The van der Waals surface area contributed by atoms with E-state index in [1.807, 2.05) is 30.3 Å². The molecule has 1 aliphatic heterocycles. The number of para-hydroxylation sites is 1. The molecular formula is C30H34FN3O3. The van der Waals surface area contributed by atoms with Crippen molar-refractivity contribution in [2.75, 3.05) is 44.8 Å². The molecule has 0 saturated heterocycles. The molecule has 0 saturated carbocycles. The summed E-state index contributed by atoms with van der Waals surface area (Å²) in [6.07, 6.45) is 0.774. The third kappa shape index (κ3) is 6.00. The van der Waals surface area contributed by atoms with E-state index in [9.17, 15) is 14.0 Å². The molecule has 1 N–H and O–H groups in total. The molecule has 3 aromatic rings. The van der Waals surface area contributed by atoms with Gasteiger partial charge in [0, 0.05) is 44.5 Å². The molecule has 2 atom stereocenters. The summed E-state index contributed by atoms with van der Waals surface area (Å²) >= 11 is 0. The minimum Gasteiger partial charge on any atom is -0.383 e. The van der Waals surface area contributed by atoms with Gasteiger partial charge in [-0.2, -0.15) is 0 Å². The topological polar surface area (TPSA) is 61.9 Å². The molecule has 0 radical (unpaired) electrons. The maximum absolute atomic E-state index is 13.8. The fraction of sp³-hybridized carbons (Fsp3) is 0.333. The Morgan fingerprint density at radius 1 is 1.03 bits per heavy atom. The lowest BCUT2D eigenvalue weighted by Crippen LogP contribution is -2.48. The SMILES string of the molecule is CCN(CCCNC(=O)[C@@H]1c2ccccc2C(=O)N(CCOC)[C@@H]1c1ccc(F)cc1)c1ccccc1. The van der Waals surface area contributed by atoms with Crippen LogP contribution in [0, 0.1) is 5.82 Å². The Balaban J connectivity index is 1.57. The molecule has 194 valence electrons. The van der Waals surface area contributed by atoms with Crippen LogP contribution >= 0.6 is 0 Å². The van der Waals surface area contributed by atoms with E-state index in [1.54, 1.807) is 36.3 Å². The lowest BCUT2D eigenvalue weighted by molar-refractivity contribution is -0.124. The largest absolute Gasteiger partial charge is 0.383 e. The van der Waals surface area contributed by atoms with Crippen LogP contribution in [-0.2, 0) is 9.53 Å². The van der Waals surface area contributed by atoms with Gasteiger partial charge in [-0.25, -0.2) is 4.39 Å². The summed E-state index contributed by atoms with van der Waals surface area (Å²) in [6, 6.07) is 22.9. The van der Waals surface area contributed by atoms with Crippen molar-refractivity contribution < 1.29 is 18.7 Å². The second-order valence-corrected chi connectivity index (χ2v) is 9.11. The molecule has 1 heterocycles. The molecule has 0 fully saturated rings. The van der Waals surface area contributed by atoms with Crippen LogP contribution in [-0.4, -0.2) is 56.6 Å². The molecule has 0 bridgehead atoms. The standard InChI is InChI=1S/C30H34FN3O3/c1-3-33(24-10-5-4-6-11-24)19-9-18-32-29(35)27-25-12-7-8-13-26(25)30(36)34(20-21-37-2)28(27)22-14-16-23(31)17-15-22/h4-8,10-17,27-28H,3,9,18-21H2,1-2H3,(H,32,35)/t27-,28-/m1/s1. The first kappa shape index (κ1) is 26.4. The Bertz CT molecular complexity index is 1190. The van der Waals surface area contributed by atoms with Gasteiger partial charge in [-0.3, -0.25) is 9.59 Å². The molecule has 0 aliphatic carbocycles. The van der Waals surface area contributed by atoms with E-state index >= 15 is 0 Å². The lowest BCUT2D eigenvalue weighted by Gasteiger charge is -2.41. The number of nitrogens with one attached hydrogen (secondary N) is 1. The third-order valence-corrected chi connectivity index (χ3v) is 6.88. The number of hydrogen-bond donors (Lipinski definition) is 1. The summed E-state index contributed by atoms with van der Waals surface area (Å²) in [4.78, 5) is 31.2. The maximum atomic E-state index is 13.8. The van der Waals surface area contributed by atoms with Crippen molar-refractivity contribution in [3.8, 4) is 0 Å². The van der Waals surface area contributed by atoms with E-state index in [0.29, 0.717) is 36.4 Å². The highest BCUT2D eigenvalue weighted by molar-refractivity contribution is 6.01. The first-order valence-corrected chi connectivity index (χ1v) is 12.8. The highest BCUT2D eigenvalue weighted by Gasteiger charge is 2.43. The zero-order chi connectivity index (χ0) is 26.2. The first-order valence-electron chi connectivity index (χ1n) is 12.8. The summed E-state index contributed by atoms with van der Waals surface area (Å²) in [5.41, 5.74) is 3.06. The summed E-state index contributed by atoms with van der Waals surface area (Å²) in [7, 11) is 1.58. The van der Waals surface area contributed by atoms with Crippen molar-refractivity contribution in [2.45, 2.75) is 25.3 Å². The number of carbonyl (C=O) groups excluding carboxylic acids is 2. The summed E-state index contributed by atoms with van der Waals surface area (Å²) < 4.78 is 19.0. The fourth-order valence-electron chi connectivity index (χ4n) is 5.04. The number of halogens is 1. The number of nitrogens with zero attached hydrogens (tertiary/aromatic N) is 2. The number of rotatable bonds is 11. The van der Waals surface area contributed by atoms with Gasteiger partial charge in [-0.1, -0.05) is 48.5 Å². The van der Waals surface area contributed by atoms with Crippen LogP contribution in [0.25, 0.3) is 0 Å². The number of benzene rings is 3. The Morgan fingerprint density at radius 2 is 1.73 bits per heavy atom. The fourth-order valence-corrected chi connectivity index (χ4v) is 5.04. The van der Waals surface area contributed by atoms with Crippen molar-refractivity contribution in [2.24, 2.45) is 0 Å². The van der Waals surface area contributed by atoms with Crippen LogP contribution in [0.5, 0.6) is 0 Å². The van der Waals surface area contributed by atoms with Crippen LogP contribution in [0.3, 0.4) is 0 Å². The highest BCUT2D eigenvalue weighted by atomic mass is 19.1. The van der Waals surface area contributed by atoms with Gasteiger partial charge in [0.25, 0.3) is 5.91 Å². The van der Waals surface area contributed by atoms with Gasteiger partial charge < -0.3 is 19.9 Å². The van der Waals surface area contributed by atoms with Crippen LogP contribution in [0.1, 0.15) is 46.8 Å². The average Bonchev–Trinajstić information content (AvgIpc) is 2.93. The number of hydrogen-bond acceptors (Lipinski definition) is 4. The summed E-state index contributed by atoms with van der Waals surface area (Å²) in [5.74, 6) is -1.31. The van der Waals surface area contributed by atoms with Crippen LogP contribution in [0.4, 0.5) is 10.1 Å². The minimum absolute atomic E-state index is 0.153. The van der Waals surface area contributed by atoms with Gasteiger partial charge >= 0.3 is 0 Å². The zero-order valence-corrected chi connectivity index (χ0v) is 21.4. The van der Waals surface area contributed by atoms with Gasteiger partial charge in [0.1, 0.15) is 5.82 Å². The molecule has 3 aromatic carbocycles. The average molecular weight is 504 g/mol. The Kier molecular flexibility index (Phi) is 8.90. The van der Waals surface area contributed by atoms with Crippen LogP contribution < -0.4 is 10.2 Å². The molecule has 0 aromatic heterocycles. The van der Waals surface area contributed by atoms with E-state index in [-0.39, 0.29) is 17.6 Å². The molecule has 37 heavy (non-hydrogen) atoms. The summed E-state index contributed by atoms with van der Waals surface area (Å²) in [6.45, 7) is 4.94. The molecule has 1 aliphatic rings. The number of ether oxygens (including phenoxy) is 1. The second-order valence-electron chi connectivity index (χ2n) is 9.11. The van der Waals surface area contributed by atoms with Crippen molar-refractivity contribution in [1.82, 2.24) is 10.2 Å². The number of methoxy groups -OCH3 is 1. The Morgan fingerprint density at radius 3 is 2.43 bits per heavy atom. The smallest absolute Gasteiger partial charge is 0.254 e. The molecule has 2 amide bonds. The van der Waals surface area contributed by atoms with Crippen LogP contribution in [0.15, 0.2) is 78.9 Å². The highest BCUT2D eigenvalue weighted by Crippen LogP contribution is 2.42. The molecule has 7 heteroatoms. The molecule has 0 unspecified atom stereocenters. The lowest BCUT2D eigenvalue weighted by atomic mass is 9.79. The van der Waals surface area contributed by atoms with E-state index in [1.165, 1.54) is 12.1 Å². The van der Waals surface area contributed by atoms with Crippen molar-refractivity contribution >= 4 is 17.5 Å².